The second-order valence-electron chi connectivity index (χ2n) is 2.66. The Balaban J connectivity index is 2.94. The lowest BCUT2D eigenvalue weighted by Crippen LogP contribution is -1.83. The van der Waals surface area contributed by atoms with E-state index in [4.69, 9.17) is 5.26 Å². The van der Waals surface area contributed by atoms with Crippen molar-refractivity contribution in [3.63, 3.8) is 0 Å². The van der Waals surface area contributed by atoms with E-state index in [2.05, 4.69) is 11.1 Å². The molecule has 0 fully saturated rings. The molecule has 3 heteroatoms. The van der Waals surface area contributed by atoms with Gasteiger partial charge in [0.1, 0.15) is 6.07 Å². The molecule has 0 spiro atoms. The van der Waals surface area contributed by atoms with Gasteiger partial charge in [-0.15, -0.1) is 0 Å². The molecule has 2 aromatic heterocycles. The highest BCUT2D eigenvalue weighted by Crippen LogP contribution is 2.17. The van der Waals surface area contributed by atoms with Crippen LogP contribution >= 0.6 is 0 Å². The molecule has 0 radical (unpaired) electrons. The first-order chi connectivity index (χ1) is 5.83. The predicted octanol–water partition coefficient (Wildman–Crippen LogP) is 1.44. The lowest BCUT2D eigenvalue weighted by molar-refractivity contribution is 0.963. The molecule has 2 heterocycles. The Morgan fingerprint density at radius 3 is 3.17 bits per heavy atom. The van der Waals surface area contributed by atoms with Gasteiger partial charge in [0.25, 0.3) is 0 Å². The van der Waals surface area contributed by atoms with E-state index in [1.165, 1.54) is 0 Å². The molecule has 2 rings (SSSR count). The topological polar surface area (TPSA) is 41.6 Å². The molecule has 58 valence electrons. The maximum absolute atomic E-state index is 8.77. The fourth-order valence-electron chi connectivity index (χ4n) is 1.32. The Morgan fingerprint density at radius 2 is 2.42 bits per heavy atom. The average Bonchev–Trinajstić information content (AvgIpc) is 2.44. The molecule has 12 heavy (non-hydrogen) atoms. The number of rotatable bonds is 0. The van der Waals surface area contributed by atoms with Gasteiger partial charge in [-0.25, -0.2) is 0 Å². The van der Waals surface area contributed by atoms with E-state index in [0.29, 0.717) is 5.56 Å². The fourth-order valence-corrected chi connectivity index (χ4v) is 1.32. The molecule has 0 atom stereocenters. The van der Waals surface area contributed by atoms with Gasteiger partial charge in [-0.1, -0.05) is 0 Å². The van der Waals surface area contributed by atoms with E-state index in [9.17, 15) is 0 Å². The van der Waals surface area contributed by atoms with E-state index in [1.54, 1.807) is 12.4 Å². The van der Waals surface area contributed by atoms with Crippen LogP contribution in [0.4, 0.5) is 0 Å². The number of fused-ring (bicyclic) bond motifs is 1. The summed E-state index contributed by atoms with van der Waals surface area (Å²) in [6.45, 7) is 0. The molecular weight excluding hydrogens is 150 g/mol. The van der Waals surface area contributed by atoms with E-state index < -0.39 is 0 Å². The normalized spacial score (nSPS) is 10.0. The molecule has 0 bridgehead atoms. The fraction of sp³-hybridized carbons (Fsp3) is 0.111. The van der Waals surface area contributed by atoms with Crippen LogP contribution in [0.1, 0.15) is 5.56 Å². The third kappa shape index (κ3) is 0.785. The van der Waals surface area contributed by atoms with Crippen molar-refractivity contribution in [3.8, 4) is 6.07 Å². The molecule has 0 aliphatic rings. The summed E-state index contributed by atoms with van der Waals surface area (Å²) < 4.78 is 1.90. The van der Waals surface area contributed by atoms with Gasteiger partial charge in [0.15, 0.2) is 0 Å². The highest BCUT2D eigenvalue weighted by Gasteiger charge is 2.03. The minimum atomic E-state index is 0.704. The van der Waals surface area contributed by atoms with Gasteiger partial charge >= 0.3 is 0 Å². The van der Waals surface area contributed by atoms with Gasteiger partial charge in [-0.3, -0.25) is 4.98 Å². The minimum Gasteiger partial charge on any atom is -0.348 e. The zero-order valence-corrected chi connectivity index (χ0v) is 6.65. The number of hydrogen-bond acceptors (Lipinski definition) is 2. The minimum absolute atomic E-state index is 0.704. The van der Waals surface area contributed by atoms with Crippen LogP contribution in [0.25, 0.3) is 10.9 Å². The number of aryl methyl sites for hydroxylation is 1. The van der Waals surface area contributed by atoms with Gasteiger partial charge in [0, 0.05) is 24.8 Å². The lowest BCUT2D eigenvalue weighted by atomic mass is 10.2. The van der Waals surface area contributed by atoms with Crippen LogP contribution in [0.5, 0.6) is 0 Å². The molecule has 0 N–H and O–H groups in total. The molecule has 2 aromatic rings. The smallest absolute Gasteiger partial charge is 0.101 e. The molecule has 0 unspecified atom stereocenters. The molecule has 3 nitrogen and oxygen atoms in total. The molecule has 0 aliphatic heterocycles. The van der Waals surface area contributed by atoms with Crippen LogP contribution in [-0.4, -0.2) is 9.55 Å². The lowest BCUT2D eigenvalue weighted by Gasteiger charge is -1.91. The third-order valence-corrected chi connectivity index (χ3v) is 1.91. The quantitative estimate of drug-likeness (QED) is 0.580. The summed E-state index contributed by atoms with van der Waals surface area (Å²) in [6, 6.07) is 4.00. The summed E-state index contributed by atoms with van der Waals surface area (Å²) >= 11 is 0. The summed E-state index contributed by atoms with van der Waals surface area (Å²) in [5.41, 5.74) is 1.70. The molecule has 0 saturated carbocycles. The second kappa shape index (κ2) is 2.35. The maximum atomic E-state index is 8.77. The summed E-state index contributed by atoms with van der Waals surface area (Å²) in [4.78, 5) is 3.99. The number of nitriles is 1. The first kappa shape index (κ1) is 6.86. The Bertz CT molecular complexity index is 462. The Hall–Kier alpha value is -1.82. The van der Waals surface area contributed by atoms with Crippen molar-refractivity contribution in [2.24, 2.45) is 7.05 Å². The highest BCUT2D eigenvalue weighted by atomic mass is 14.9. The standard InChI is InChI=1S/C9H7N3/c1-12-6-7(4-10)8-2-3-11-5-9(8)12/h2-3,5-6H,1H3. The van der Waals surface area contributed by atoms with Gasteiger partial charge in [0.2, 0.25) is 0 Å². The van der Waals surface area contributed by atoms with E-state index in [-0.39, 0.29) is 0 Å². The number of aromatic nitrogens is 2. The Morgan fingerprint density at radius 1 is 1.58 bits per heavy atom. The van der Waals surface area contributed by atoms with Crippen LogP contribution in [0.3, 0.4) is 0 Å². The number of hydrogen-bond donors (Lipinski definition) is 0. The van der Waals surface area contributed by atoms with E-state index in [1.807, 2.05) is 23.9 Å². The zero-order valence-electron chi connectivity index (χ0n) is 6.65. The van der Waals surface area contributed by atoms with Crippen LogP contribution in [0, 0.1) is 11.3 Å². The van der Waals surface area contributed by atoms with Gasteiger partial charge < -0.3 is 4.57 Å². The van der Waals surface area contributed by atoms with Crippen LogP contribution < -0.4 is 0 Å². The highest BCUT2D eigenvalue weighted by molar-refractivity contribution is 5.85. The Labute approximate surface area is 69.9 Å². The predicted molar refractivity (Wildman–Crippen MR) is 45.4 cm³/mol. The summed E-state index contributed by atoms with van der Waals surface area (Å²) in [6.07, 6.45) is 5.27. The van der Waals surface area contributed by atoms with Gasteiger partial charge in [0.05, 0.1) is 17.3 Å². The monoisotopic (exact) mass is 157 g/mol. The van der Waals surface area contributed by atoms with Crippen molar-refractivity contribution >= 4 is 10.9 Å². The van der Waals surface area contributed by atoms with Crippen LogP contribution in [0.15, 0.2) is 24.7 Å². The third-order valence-electron chi connectivity index (χ3n) is 1.91. The van der Waals surface area contributed by atoms with Crippen molar-refractivity contribution in [3.05, 3.63) is 30.2 Å². The molecule has 0 aromatic carbocycles. The molecule has 0 saturated heterocycles. The van der Waals surface area contributed by atoms with Gasteiger partial charge in [-0.05, 0) is 6.07 Å². The zero-order chi connectivity index (χ0) is 8.55. The van der Waals surface area contributed by atoms with Crippen LogP contribution in [0.2, 0.25) is 0 Å². The SMILES string of the molecule is Cn1cc(C#N)c2ccncc21. The summed E-state index contributed by atoms with van der Waals surface area (Å²) in [5.74, 6) is 0. The van der Waals surface area contributed by atoms with Crippen molar-refractivity contribution in [2.75, 3.05) is 0 Å². The number of nitrogens with zero attached hydrogens (tertiary/aromatic N) is 3. The van der Waals surface area contributed by atoms with E-state index >= 15 is 0 Å². The van der Waals surface area contributed by atoms with Crippen molar-refractivity contribution in [1.29, 1.82) is 5.26 Å². The van der Waals surface area contributed by atoms with Gasteiger partial charge in [-0.2, -0.15) is 5.26 Å². The molecular formula is C9H7N3. The van der Waals surface area contributed by atoms with Crippen molar-refractivity contribution in [2.45, 2.75) is 0 Å². The largest absolute Gasteiger partial charge is 0.348 e. The van der Waals surface area contributed by atoms with E-state index in [0.717, 1.165) is 10.9 Å². The summed E-state index contributed by atoms with van der Waals surface area (Å²) in [7, 11) is 1.91. The first-order valence-electron chi connectivity index (χ1n) is 3.62. The Kier molecular flexibility index (Phi) is 1.34. The van der Waals surface area contributed by atoms with Crippen molar-refractivity contribution in [1.82, 2.24) is 9.55 Å². The summed E-state index contributed by atoms with van der Waals surface area (Å²) in [5, 5.41) is 9.73. The number of pyridine rings is 1. The molecule has 0 aliphatic carbocycles. The van der Waals surface area contributed by atoms with Crippen molar-refractivity contribution < 1.29 is 0 Å². The maximum Gasteiger partial charge on any atom is 0.101 e. The average molecular weight is 157 g/mol. The first-order valence-corrected chi connectivity index (χ1v) is 3.62. The van der Waals surface area contributed by atoms with Crippen LogP contribution in [-0.2, 0) is 7.05 Å². The second-order valence-corrected chi connectivity index (χ2v) is 2.66. The molecule has 0 amide bonds.